The van der Waals surface area contributed by atoms with Gasteiger partial charge in [0.2, 0.25) is 11.8 Å². The minimum atomic E-state index is -0.450. The van der Waals surface area contributed by atoms with Gasteiger partial charge in [0.15, 0.2) is 0 Å². The quantitative estimate of drug-likeness (QED) is 0.415. The van der Waals surface area contributed by atoms with E-state index in [0.717, 1.165) is 11.1 Å². The van der Waals surface area contributed by atoms with Crippen LogP contribution in [-0.4, -0.2) is 11.8 Å². The Hall–Kier alpha value is -3.17. The SMILES string of the molecule is O=C1[C@@H]2[C@H](C(=O)N1c1cccc(Cl)c1)[C@H](c1ccccc1)C=C[C@@H]2c1ccccc1. The van der Waals surface area contributed by atoms with Crippen LogP contribution >= 0.6 is 11.6 Å². The first-order valence-corrected chi connectivity index (χ1v) is 10.4. The van der Waals surface area contributed by atoms with Gasteiger partial charge in [-0.3, -0.25) is 9.59 Å². The van der Waals surface area contributed by atoms with Crippen LogP contribution in [0, 0.1) is 11.8 Å². The van der Waals surface area contributed by atoms with Gasteiger partial charge in [-0.1, -0.05) is 90.5 Å². The molecule has 1 aliphatic heterocycles. The van der Waals surface area contributed by atoms with Crippen molar-refractivity contribution < 1.29 is 9.59 Å². The lowest BCUT2D eigenvalue weighted by molar-refractivity contribution is -0.122. The fraction of sp³-hybridized carbons (Fsp3) is 0.154. The Labute approximate surface area is 180 Å². The van der Waals surface area contributed by atoms with Crippen LogP contribution in [0.5, 0.6) is 0 Å². The van der Waals surface area contributed by atoms with Gasteiger partial charge in [0, 0.05) is 16.9 Å². The molecule has 148 valence electrons. The molecule has 5 rings (SSSR count). The fourth-order valence-electron chi connectivity index (χ4n) is 4.80. The standard InChI is InChI=1S/C26H20ClNO2/c27-19-12-7-13-20(16-19)28-25(29)23-21(17-8-3-1-4-9-17)14-15-22(24(23)26(28)30)18-10-5-2-6-11-18/h1-16,21-24H/t21-,22+,23+,24-. The van der Waals surface area contributed by atoms with Crippen LogP contribution in [0.25, 0.3) is 0 Å². The molecule has 0 spiro atoms. The molecule has 4 atom stereocenters. The zero-order chi connectivity index (χ0) is 20.7. The van der Waals surface area contributed by atoms with E-state index >= 15 is 0 Å². The molecule has 1 fully saturated rings. The molecule has 0 unspecified atom stereocenters. The van der Waals surface area contributed by atoms with Crippen molar-refractivity contribution in [1.29, 1.82) is 0 Å². The van der Waals surface area contributed by atoms with Gasteiger partial charge in [-0.25, -0.2) is 4.90 Å². The van der Waals surface area contributed by atoms with Crippen LogP contribution in [0.4, 0.5) is 5.69 Å². The summed E-state index contributed by atoms with van der Waals surface area (Å²) in [6.07, 6.45) is 4.20. The van der Waals surface area contributed by atoms with Crippen molar-refractivity contribution in [3.8, 4) is 0 Å². The zero-order valence-electron chi connectivity index (χ0n) is 16.2. The van der Waals surface area contributed by atoms with Crippen LogP contribution in [-0.2, 0) is 9.59 Å². The fourth-order valence-corrected chi connectivity index (χ4v) is 4.99. The molecule has 0 N–H and O–H groups in total. The van der Waals surface area contributed by atoms with Gasteiger partial charge in [-0.15, -0.1) is 0 Å². The maximum atomic E-state index is 13.7. The van der Waals surface area contributed by atoms with E-state index in [-0.39, 0.29) is 23.7 Å². The molecule has 0 saturated carbocycles. The van der Waals surface area contributed by atoms with Gasteiger partial charge in [0.25, 0.3) is 0 Å². The van der Waals surface area contributed by atoms with Crippen LogP contribution in [0.1, 0.15) is 23.0 Å². The van der Waals surface area contributed by atoms with Crippen molar-refractivity contribution in [2.24, 2.45) is 11.8 Å². The summed E-state index contributed by atoms with van der Waals surface area (Å²) in [6.45, 7) is 0. The Morgan fingerprint density at radius 3 is 1.60 bits per heavy atom. The molecule has 1 aliphatic carbocycles. The zero-order valence-corrected chi connectivity index (χ0v) is 16.9. The highest BCUT2D eigenvalue weighted by Gasteiger charge is 2.55. The van der Waals surface area contributed by atoms with E-state index in [1.54, 1.807) is 24.3 Å². The normalized spacial score (nSPS) is 25.4. The second kappa shape index (κ2) is 7.58. The van der Waals surface area contributed by atoms with Gasteiger partial charge in [0.05, 0.1) is 17.5 Å². The minimum absolute atomic E-state index is 0.142. The molecular weight excluding hydrogens is 394 g/mol. The lowest BCUT2D eigenvalue weighted by Gasteiger charge is -2.32. The molecule has 4 heteroatoms. The Kier molecular flexibility index (Phi) is 4.76. The Morgan fingerprint density at radius 2 is 1.13 bits per heavy atom. The Bertz CT molecular complexity index is 1060. The van der Waals surface area contributed by atoms with Crippen molar-refractivity contribution in [1.82, 2.24) is 0 Å². The lowest BCUT2D eigenvalue weighted by Crippen LogP contribution is -2.31. The van der Waals surface area contributed by atoms with Gasteiger partial charge in [-0.05, 0) is 29.3 Å². The first-order valence-electron chi connectivity index (χ1n) is 10.1. The second-order valence-corrected chi connectivity index (χ2v) is 8.24. The maximum Gasteiger partial charge on any atom is 0.238 e. The summed E-state index contributed by atoms with van der Waals surface area (Å²) in [7, 11) is 0. The molecule has 2 aliphatic rings. The highest BCUT2D eigenvalue weighted by Crippen LogP contribution is 2.50. The Balaban J connectivity index is 1.64. The number of halogens is 1. The number of hydrogen-bond donors (Lipinski definition) is 0. The highest BCUT2D eigenvalue weighted by molar-refractivity contribution is 6.31. The van der Waals surface area contributed by atoms with E-state index < -0.39 is 11.8 Å². The van der Waals surface area contributed by atoms with E-state index in [1.807, 2.05) is 60.7 Å². The average Bonchev–Trinajstić information content (AvgIpc) is 3.05. The highest BCUT2D eigenvalue weighted by atomic mass is 35.5. The largest absolute Gasteiger partial charge is 0.274 e. The molecular formula is C26H20ClNO2. The number of allylic oxidation sites excluding steroid dienone is 2. The van der Waals surface area contributed by atoms with Gasteiger partial charge in [0.1, 0.15) is 0 Å². The summed E-state index contributed by atoms with van der Waals surface area (Å²) in [6, 6.07) is 26.8. The third-order valence-corrected chi connectivity index (χ3v) is 6.37. The number of rotatable bonds is 3. The maximum absolute atomic E-state index is 13.7. The predicted octanol–water partition coefficient (Wildman–Crippen LogP) is 5.58. The molecule has 3 aromatic carbocycles. The molecule has 0 radical (unpaired) electrons. The number of fused-ring (bicyclic) bond motifs is 1. The van der Waals surface area contributed by atoms with Crippen LogP contribution in [0.2, 0.25) is 5.02 Å². The van der Waals surface area contributed by atoms with E-state index in [9.17, 15) is 9.59 Å². The molecule has 2 amide bonds. The van der Waals surface area contributed by atoms with Crippen molar-refractivity contribution in [3.05, 3.63) is 113 Å². The molecule has 0 aromatic heterocycles. The van der Waals surface area contributed by atoms with Crippen LogP contribution in [0.15, 0.2) is 97.1 Å². The van der Waals surface area contributed by atoms with Crippen molar-refractivity contribution in [2.45, 2.75) is 11.8 Å². The van der Waals surface area contributed by atoms with Crippen molar-refractivity contribution in [2.75, 3.05) is 4.90 Å². The summed E-state index contributed by atoms with van der Waals surface area (Å²) in [4.78, 5) is 28.6. The third kappa shape index (κ3) is 3.06. The number of hydrogen-bond acceptors (Lipinski definition) is 2. The smallest absolute Gasteiger partial charge is 0.238 e. The number of imide groups is 1. The first-order chi connectivity index (χ1) is 14.6. The molecule has 1 saturated heterocycles. The molecule has 0 bridgehead atoms. The van der Waals surface area contributed by atoms with Gasteiger partial charge >= 0.3 is 0 Å². The van der Waals surface area contributed by atoms with Crippen LogP contribution in [0.3, 0.4) is 0 Å². The second-order valence-electron chi connectivity index (χ2n) is 7.80. The van der Waals surface area contributed by atoms with Crippen molar-refractivity contribution >= 4 is 29.1 Å². The topological polar surface area (TPSA) is 37.4 Å². The number of benzene rings is 3. The monoisotopic (exact) mass is 413 g/mol. The summed E-state index contributed by atoms with van der Waals surface area (Å²) in [5.41, 5.74) is 2.62. The van der Waals surface area contributed by atoms with E-state index in [1.165, 1.54) is 4.90 Å². The first kappa shape index (κ1) is 18.8. The minimum Gasteiger partial charge on any atom is -0.274 e. The van der Waals surface area contributed by atoms with Crippen molar-refractivity contribution in [3.63, 3.8) is 0 Å². The van der Waals surface area contributed by atoms with E-state index in [0.29, 0.717) is 10.7 Å². The molecule has 30 heavy (non-hydrogen) atoms. The number of carbonyl (C=O) groups is 2. The summed E-state index contributed by atoms with van der Waals surface area (Å²) in [5.74, 6) is -1.51. The lowest BCUT2D eigenvalue weighted by atomic mass is 9.68. The number of amides is 2. The summed E-state index contributed by atoms with van der Waals surface area (Å²) < 4.78 is 0. The number of carbonyl (C=O) groups excluding carboxylic acids is 2. The third-order valence-electron chi connectivity index (χ3n) is 6.13. The van der Waals surface area contributed by atoms with E-state index in [4.69, 9.17) is 11.6 Å². The number of nitrogens with zero attached hydrogens (tertiary/aromatic N) is 1. The summed E-state index contributed by atoms with van der Waals surface area (Å²) >= 11 is 6.16. The Morgan fingerprint density at radius 1 is 0.633 bits per heavy atom. The van der Waals surface area contributed by atoms with Gasteiger partial charge < -0.3 is 0 Å². The van der Waals surface area contributed by atoms with E-state index in [2.05, 4.69) is 12.2 Å². The molecule has 3 aromatic rings. The molecule has 3 nitrogen and oxygen atoms in total. The number of anilines is 1. The predicted molar refractivity (Wildman–Crippen MR) is 118 cm³/mol. The van der Waals surface area contributed by atoms with Crippen LogP contribution < -0.4 is 4.90 Å². The van der Waals surface area contributed by atoms with Gasteiger partial charge in [-0.2, -0.15) is 0 Å². The summed E-state index contributed by atoms with van der Waals surface area (Å²) in [5, 5.41) is 0.500. The molecule has 1 heterocycles. The average molecular weight is 414 g/mol.